The second-order valence-electron chi connectivity index (χ2n) is 5.17. The maximum absolute atomic E-state index is 11.5. The van der Waals surface area contributed by atoms with Crippen LogP contribution in [0, 0.1) is 5.92 Å². The lowest BCUT2D eigenvalue weighted by molar-refractivity contribution is -0.120. The molecule has 1 aromatic rings. The molecule has 0 spiro atoms. The number of hydrogen-bond acceptors (Lipinski definition) is 1. The third-order valence-electron chi connectivity index (χ3n) is 3.70. The molecule has 0 aromatic heterocycles. The zero-order chi connectivity index (χ0) is 12.5. The van der Waals surface area contributed by atoms with Crippen LogP contribution in [0.3, 0.4) is 0 Å². The van der Waals surface area contributed by atoms with E-state index in [1.807, 2.05) is 18.2 Å². The van der Waals surface area contributed by atoms with Gasteiger partial charge in [-0.15, -0.1) is 0 Å². The Bertz CT molecular complexity index is 430. The van der Waals surface area contributed by atoms with Crippen molar-refractivity contribution in [3.05, 3.63) is 34.9 Å². The predicted molar refractivity (Wildman–Crippen MR) is 70.1 cm³/mol. The third-order valence-corrected chi connectivity index (χ3v) is 3.94. The van der Waals surface area contributed by atoms with E-state index in [0.717, 1.165) is 17.9 Å². The van der Waals surface area contributed by atoms with E-state index in [0.29, 0.717) is 12.3 Å². The molecule has 0 saturated carbocycles. The summed E-state index contributed by atoms with van der Waals surface area (Å²) in [5.41, 5.74) is 1.09. The van der Waals surface area contributed by atoms with Gasteiger partial charge in [-0.25, -0.2) is 0 Å². The summed E-state index contributed by atoms with van der Waals surface area (Å²) in [5.74, 6) is 0.591. The number of carbonyl (C=O) groups is 1. The Kier molecular flexibility index (Phi) is 3.43. The first-order valence-corrected chi connectivity index (χ1v) is 6.45. The summed E-state index contributed by atoms with van der Waals surface area (Å²) < 4.78 is 0. The van der Waals surface area contributed by atoms with Crippen molar-refractivity contribution in [1.82, 2.24) is 5.32 Å². The number of benzene rings is 1. The minimum atomic E-state index is -0.0955. The molecule has 2 rings (SSSR count). The maximum Gasteiger partial charge on any atom is 0.220 e. The molecule has 1 aliphatic heterocycles. The number of rotatable bonds is 3. The van der Waals surface area contributed by atoms with Gasteiger partial charge in [0.25, 0.3) is 0 Å². The Morgan fingerprint density at radius 1 is 1.47 bits per heavy atom. The summed E-state index contributed by atoms with van der Waals surface area (Å²) >= 11 is 6.00. The molecule has 1 fully saturated rings. The highest BCUT2D eigenvalue weighted by atomic mass is 35.5. The number of amides is 1. The topological polar surface area (TPSA) is 29.1 Å². The van der Waals surface area contributed by atoms with Gasteiger partial charge < -0.3 is 5.32 Å². The molecule has 0 bridgehead atoms. The van der Waals surface area contributed by atoms with Gasteiger partial charge in [-0.1, -0.05) is 37.6 Å². The number of nitrogens with one attached hydrogen (secondary N) is 1. The molecule has 1 saturated heterocycles. The molecule has 2 nitrogen and oxygen atoms in total. The van der Waals surface area contributed by atoms with E-state index < -0.39 is 0 Å². The van der Waals surface area contributed by atoms with Crippen molar-refractivity contribution in [2.75, 3.05) is 0 Å². The molecule has 17 heavy (non-hydrogen) atoms. The van der Waals surface area contributed by atoms with Crippen LogP contribution in [-0.4, -0.2) is 11.4 Å². The lowest BCUT2D eigenvalue weighted by Crippen LogP contribution is -2.48. The minimum absolute atomic E-state index is 0.0955. The van der Waals surface area contributed by atoms with Crippen molar-refractivity contribution >= 4 is 17.5 Å². The van der Waals surface area contributed by atoms with E-state index in [2.05, 4.69) is 25.2 Å². The zero-order valence-corrected chi connectivity index (χ0v) is 11.1. The van der Waals surface area contributed by atoms with Crippen molar-refractivity contribution in [2.24, 2.45) is 5.92 Å². The van der Waals surface area contributed by atoms with Crippen molar-refractivity contribution in [2.45, 2.75) is 38.6 Å². The van der Waals surface area contributed by atoms with Crippen molar-refractivity contribution < 1.29 is 4.79 Å². The van der Waals surface area contributed by atoms with Crippen molar-refractivity contribution in [3.63, 3.8) is 0 Å². The molecule has 3 heteroatoms. The van der Waals surface area contributed by atoms with E-state index in [4.69, 9.17) is 11.6 Å². The number of hydrogen-bond donors (Lipinski definition) is 1. The van der Waals surface area contributed by atoms with E-state index in [9.17, 15) is 4.79 Å². The molecule has 1 atom stereocenters. The molecule has 1 aliphatic rings. The molecule has 0 radical (unpaired) electrons. The Morgan fingerprint density at radius 3 is 2.76 bits per heavy atom. The van der Waals surface area contributed by atoms with Crippen LogP contribution in [-0.2, 0) is 11.2 Å². The Balaban J connectivity index is 2.22. The van der Waals surface area contributed by atoms with E-state index in [-0.39, 0.29) is 11.4 Å². The van der Waals surface area contributed by atoms with Crippen LogP contribution < -0.4 is 5.32 Å². The lowest BCUT2D eigenvalue weighted by atomic mass is 9.80. The van der Waals surface area contributed by atoms with Crippen LogP contribution in [0.2, 0.25) is 5.02 Å². The van der Waals surface area contributed by atoms with Gasteiger partial charge in [-0.05, 0) is 36.5 Å². The second kappa shape index (κ2) is 4.69. The average Bonchev–Trinajstić information content (AvgIpc) is 2.61. The average molecular weight is 252 g/mol. The fraction of sp³-hybridized carbons (Fsp3) is 0.500. The van der Waals surface area contributed by atoms with Gasteiger partial charge >= 0.3 is 0 Å². The monoisotopic (exact) mass is 251 g/mol. The highest BCUT2D eigenvalue weighted by Crippen LogP contribution is 2.32. The normalized spacial score (nSPS) is 24.1. The molecule has 1 aromatic carbocycles. The highest BCUT2D eigenvalue weighted by Gasteiger charge is 2.40. The third kappa shape index (κ3) is 2.63. The van der Waals surface area contributed by atoms with E-state index in [1.54, 1.807) is 0 Å². The lowest BCUT2D eigenvalue weighted by Gasteiger charge is -2.33. The predicted octanol–water partition coefficient (Wildman–Crippen LogP) is 3.19. The maximum atomic E-state index is 11.5. The summed E-state index contributed by atoms with van der Waals surface area (Å²) in [6.45, 7) is 4.33. The fourth-order valence-electron chi connectivity index (χ4n) is 2.52. The first-order valence-electron chi connectivity index (χ1n) is 6.07. The number of halogens is 1. The van der Waals surface area contributed by atoms with Crippen LogP contribution in [0.5, 0.6) is 0 Å². The first-order chi connectivity index (χ1) is 8.02. The van der Waals surface area contributed by atoms with E-state index >= 15 is 0 Å². The van der Waals surface area contributed by atoms with Crippen molar-refractivity contribution in [1.29, 1.82) is 0 Å². The molecule has 92 valence electrons. The highest BCUT2D eigenvalue weighted by molar-refractivity contribution is 6.30. The standard InChI is InChI=1S/C14H18ClNO/c1-10(2)14(7-6-13(17)16-14)9-11-4-3-5-12(15)8-11/h3-5,8,10H,6-7,9H2,1-2H3,(H,16,17). The zero-order valence-electron chi connectivity index (χ0n) is 10.3. The molecule has 1 heterocycles. The van der Waals surface area contributed by atoms with Crippen LogP contribution in [0.1, 0.15) is 32.3 Å². The molecule has 0 aliphatic carbocycles. The quantitative estimate of drug-likeness (QED) is 0.878. The largest absolute Gasteiger partial charge is 0.350 e. The SMILES string of the molecule is CC(C)C1(Cc2cccc(Cl)c2)CCC(=O)N1. The number of carbonyl (C=O) groups excluding carboxylic acids is 1. The van der Waals surface area contributed by atoms with Gasteiger partial charge in [0.2, 0.25) is 5.91 Å². The van der Waals surface area contributed by atoms with Crippen LogP contribution in [0.4, 0.5) is 0 Å². The summed E-state index contributed by atoms with van der Waals surface area (Å²) in [5, 5.41) is 3.91. The summed E-state index contributed by atoms with van der Waals surface area (Å²) in [6, 6.07) is 7.89. The molecular weight excluding hydrogens is 234 g/mol. The second-order valence-corrected chi connectivity index (χ2v) is 5.60. The summed E-state index contributed by atoms with van der Waals surface area (Å²) in [7, 11) is 0. The van der Waals surface area contributed by atoms with Crippen LogP contribution in [0.25, 0.3) is 0 Å². The van der Waals surface area contributed by atoms with Gasteiger partial charge in [0.15, 0.2) is 0 Å². The minimum Gasteiger partial charge on any atom is -0.350 e. The van der Waals surface area contributed by atoms with Gasteiger partial charge in [0.1, 0.15) is 0 Å². The Hall–Kier alpha value is -1.02. The Morgan fingerprint density at radius 2 is 2.24 bits per heavy atom. The fourth-order valence-corrected chi connectivity index (χ4v) is 2.73. The van der Waals surface area contributed by atoms with Gasteiger partial charge in [-0.2, -0.15) is 0 Å². The molecule has 1 unspecified atom stereocenters. The van der Waals surface area contributed by atoms with Gasteiger partial charge in [0.05, 0.1) is 0 Å². The molecule has 1 N–H and O–H groups in total. The van der Waals surface area contributed by atoms with Crippen LogP contribution in [0.15, 0.2) is 24.3 Å². The summed E-state index contributed by atoms with van der Waals surface area (Å²) in [4.78, 5) is 11.5. The van der Waals surface area contributed by atoms with E-state index in [1.165, 1.54) is 5.56 Å². The smallest absolute Gasteiger partial charge is 0.220 e. The van der Waals surface area contributed by atoms with Crippen molar-refractivity contribution in [3.8, 4) is 0 Å². The van der Waals surface area contributed by atoms with Gasteiger partial charge in [0, 0.05) is 17.0 Å². The molecule has 1 amide bonds. The Labute approximate surface area is 107 Å². The molecular formula is C14H18ClNO. The van der Waals surface area contributed by atoms with Gasteiger partial charge in [-0.3, -0.25) is 4.79 Å². The summed E-state index contributed by atoms with van der Waals surface area (Å²) in [6.07, 6.45) is 2.41. The first kappa shape index (κ1) is 12.4. The van der Waals surface area contributed by atoms with Crippen LogP contribution >= 0.6 is 11.6 Å².